The van der Waals surface area contributed by atoms with Crippen molar-refractivity contribution in [3.63, 3.8) is 0 Å². The van der Waals surface area contributed by atoms with Gasteiger partial charge >= 0.3 is 0 Å². The molecule has 1 aromatic rings. The highest BCUT2D eigenvalue weighted by Gasteiger charge is 2.04. The Kier molecular flexibility index (Phi) is 1.92. The Bertz CT molecular complexity index is 258. The van der Waals surface area contributed by atoms with Crippen LogP contribution >= 0.6 is 11.6 Å². The number of rotatable bonds is 1. The normalized spacial score (nSPS) is 9.30. The lowest BCUT2D eigenvalue weighted by Gasteiger charge is -1.94. The number of halogens is 1. The number of hydrogen-bond acceptors (Lipinski definition) is 0. The Balaban J connectivity index is 3.15. The Morgan fingerprint density at radius 3 is 2.40 bits per heavy atom. The van der Waals surface area contributed by atoms with E-state index in [4.69, 9.17) is 22.7 Å². The molecule has 4 N–H and O–H groups in total. The molecule has 0 radical (unpaired) electrons. The summed E-state index contributed by atoms with van der Waals surface area (Å²) in [5.74, 6) is 0.255. The molecule has 2 nitrogen and oxygen atoms in total. The summed E-state index contributed by atoms with van der Waals surface area (Å²) in [4.78, 5) is 0. The summed E-state index contributed by atoms with van der Waals surface area (Å²) in [5.41, 5.74) is 6.02. The highest BCUT2D eigenvalue weighted by atomic mass is 35.5. The SMILES string of the molecule is NC(=[NH2+])c1ccccc1Cl. The van der Waals surface area contributed by atoms with E-state index in [-0.39, 0.29) is 5.84 Å². The first-order valence-corrected chi connectivity index (χ1v) is 3.22. The van der Waals surface area contributed by atoms with Gasteiger partial charge in [-0.2, -0.15) is 0 Å². The summed E-state index contributed by atoms with van der Waals surface area (Å²) < 4.78 is 0. The summed E-state index contributed by atoms with van der Waals surface area (Å²) >= 11 is 5.74. The van der Waals surface area contributed by atoms with Crippen molar-refractivity contribution in [1.29, 1.82) is 0 Å². The van der Waals surface area contributed by atoms with E-state index in [9.17, 15) is 0 Å². The zero-order valence-corrected chi connectivity index (χ0v) is 6.10. The van der Waals surface area contributed by atoms with Crippen LogP contribution in [0.25, 0.3) is 0 Å². The molecule has 0 aliphatic heterocycles. The minimum absolute atomic E-state index is 0.255. The fourth-order valence-electron chi connectivity index (χ4n) is 0.695. The fraction of sp³-hybridized carbons (Fsp3) is 0. The van der Waals surface area contributed by atoms with Crippen LogP contribution in [0.4, 0.5) is 0 Å². The molecule has 0 heterocycles. The molecule has 10 heavy (non-hydrogen) atoms. The standard InChI is InChI=1S/C7H7ClN2/c8-6-4-2-1-3-5(6)7(9)10/h1-4H,(H3,9,10)/p+1. The van der Waals surface area contributed by atoms with Crippen molar-refractivity contribution >= 4 is 17.4 Å². The lowest BCUT2D eigenvalue weighted by molar-refractivity contribution is -0.114. The van der Waals surface area contributed by atoms with Crippen LogP contribution in [0, 0.1) is 0 Å². The van der Waals surface area contributed by atoms with Gasteiger partial charge in [-0.1, -0.05) is 23.7 Å². The molecule has 0 saturated heterocycles. The highest BCUT2D eigenvalue weighted by molar-refractivity contribution is 6.33. The third-order valence-corrected chi connectivity index (χ3v) is 1.51. The van der Waals surface area contributed by atoms with Gasteiger partial charge in [0, 0.05) is 0 Å². The smallest absolute Gasteiger partial charge is 0.272 e. The van der Waals surface area contributed by atoms with E-state index in [2.05, 4.69) is 0 Å². The molecule has 1 rings (SSSR count). The van der Waals surface area contributed by atoms with Crippen LogP contribution in [0.5, 0.6) is 0 Å². The highest BCUT2D eigenvalue weighted by Crippen LogP contribution is 2.12. The average Bonchev–Trinajstić information content (AvgIpc) is 1.88. The zero-order valence-electron chi connectivity index (χ0n) is 5.34. The van der Waals surface area contributed by atoms with Crippen LogP contribution < -0.4 is 11.1 Å². The Labute approximate surface area is 64.1 Å². The lowest BCUT2D eigenvalue weighted by atomic mass is 10.2. The van der Waals surface area contributed by atoms with Gasteiger partial charge in [-0.3, -0.25) is 11.1 Å². The molecule has 0 aliphatic rings. The van der Waals surface area contributed by atoms with E-state index >= 15 is 0 Å². The van der Waals surface area contributed by atoms with Crippen molar-refractivity contribution in [3.8, 4) is 0 Å². The molecule has 0 saturated carbocycles. The number of benzene rings is 1. The van der Waals surface area contributed by atoms with E-state index in [1.54, 1.807) is 12.1 Å². The van der Waals surface area contributed by atoms with Gasteiger partial charge in [0.2, 0.25) is 0 Å². The Morgan fingerprint density at radius 1 is 1.40 bits per heavy atom. The predicted molar refractivity (Wildman–Crippen MR) is 41.7 cm³/mol. The summed E-state index contributed by atoms with van der Waals surface area (Å²) in [6.45, 7) is 0. The summed E-state index contributed by atoms with van der Waals surface area (Å²) in [6.07, 6.45) is 0. The van der Waals surface area contributed by atoms with E-state index in [1.807, 2.05) is 12.1 Å². The quantitative estimate of drug-likeness (QED) is 0.429. The molecule has 0 fully saturated rings. The average molecular weight is 156 g/mol. The molecule has 3 heteroatoms. The Morgan fingerprint density at radius 2 is 2.00 bits per heavy atom. The topological polar surface area (TPSA) is 51.6 Å². The van der Waals surface area contributed by atoms with Crippen molar-refractivity contribution in [2.75, 3.05) is 0 Å². The number of nitrogens with two attached hydrogens (primary N) is 2. The van der Waals surface area contributed by atoms with Gasteiger partial charge < -0.3 is 0 Å². The molecule has 0 unspecified atom stereocenters. The second-order valence-corrected chi connectivity index (χ2v) is 2.34. The zero-order chi connectivity index (χ0) is 7.56. The fourth-order valence-corrected chi connectivity index (χ4v) is 0.940. The van der Waals surface area contributed by atoms with Gasteiger partial charge in [0.15, 0.2) is 0 Å². The van der Waals surface area contributed by atoms with E-state index < -0.39 is 0 Å². The van der Waals surface area contributed by atoms with Crippen LogP contribution in [0.1, 0.15) is 5.56 Å². The van der Waals surface area contributed by atoms with E-state index in [0.717, 1.165) is 0 Å². The monoisotopic (exact) mass is 155 g/mol. The molecule has 0 atom stereocenters. The maximum Gasteiger partial charge on any atom is 0.272 e. The first-order valence-electron chi connectivity index (χ1n) is 2.84. The van der Waals surface area contributed by atoms with Crippen molar-refractivity contribution in [1.82, 2.24) is 0 Å². The molecule has 0 aliphatic carbocycles. The number of amidine groups is 1. The van der Waals surface area contributed by atoms with Crippen LogP contribution in [0.2, 0.25) is 5.02 Å². The largest absolute Gasteiger partial charge is 0.287 e. The lowest BCUT2D eigenvalue weighted by Crippen LogP contribution is -2.46. The third-order valence-electron chi connectivity index (χ3n) is 1.18. The molecule has 0 spiro atoms. The van der Waals surface area contributed by atoms with Gasteiger partial charge in [-0.25, -0.2) is 0 Å². The summed E-state index contributed by atoms with van der Waals surface area (Å²) in [6, 6.07) is 7.18. The first kappa shape index (κ1) is 7.09. The first-order chi connectivity index (χ1) is 4.72. The van der Waals surface area contributed by atoms with Crippen molar-refractivity contribution in [3.05, 3.63) is 34.9 Å². The molecule has 0 aromatic heterocycles. The molecule has 0 bridgehead atoms. The van der Waals surface area contributed by atoms with Gasteiger partial charge in [0.1, 0.15) is 0 Å². The van der Waals surface area contributed by atoms with Gasteiger partial charge in [-0.05, 0) is 12.1 Å². The molecule has 0 amide bonds. The minimum atomic E-state index is 0.255. The van der Waals surface area contributed by atoms with Crippen LogP contribution in [0.15, 0.2) is 24.3 Å². The van der Waals surface area contributed by atoms with Crippen LogP contribution in [-0.2, 0) is 0 Å². The van der Waals surface area contributed by atoms with Crippen molar-refractivity contribution < 1.29 is 5.41 Å². The summed E-state index contributed by atoms with van der Waals surface area (Å²) in [7, 11) is 0. The van der Waals surface area contributed by atoms with Crippen LogP contribution in [0.3, 0.4) is 0 Å². The van der Waals surface area contributed by atoms with Gasteiger partial charge in [0.05, 0.1) is 10.6 Å². The summed E-state index contributed by atoms with van der Waals surface area (Å²) in [5, 5.41) is 5.91. The van der Waals surface area contributed by atoms with E-state index in [0.29, 0.717) is 10.6 Å². The Hall–Kier alpha value is -1.02. The molecule has 52 valence electrons. The third kappa shape index (κ3) is 1.28. The second-order valence-electron chi connectivity index (χ2n) is 1.94. The molecular weight excluding hydrogens is 148 g/mol. The number of hydrogen-bond donors (Lipinski definition) is 2. The van der Waals surface area contributed by atoms with Gasteiger partial charge in [-0.15, -0.1) is 0 Å². The van der Waals surface area contributed by atoms with E-state index in [1.165, 1.54) is 0 Å². The van der Waals surface area contributed by atoms with Crippen LogP contribution in [-0.4, -0.2) is 5.84 Å². The molecule has 1 aromatic carbocycles. The predicted octanol–water partition coefficient (Wildman–Crippen LogP) is -0.196. The van der Waals surface area contributed by atoms with Gasteiger partial charge in [0.25, 0.3) is 5.84 Å². The molecular formula is C7H8ClN2+. The maximum absolute atomic E-state index is 5.74. The van der Waals surface area contributed by atoms with Crippen molar-refractivity contribution in [2.24, 2.45) is 5.73 Å². The minimum Gasteiger partial charge on any atom is -0.287 e. The maximum atomic E-state index is 5.74. The second kappa shape index (κ2) is 2.71. The van der Waals surface area contributed by atoms with Crippen molar-refractivity contribution in [2.45, 2.75) is 0 Å².